The predicted octanol–water partition coefficient (Wildman–Crippen LogP) is 1.33. The minimum atomic E-state index is -0.520. The molecule has 4 heterocycles. The number of fused-ring (bicyclic) bond motifs is 1. The molecule has 13 heteroatoms. The molecule has 0 radical (unpaired) electrons. The third-order valence-electron chi connectivity index (χ3n) is 3.37. The number of carbonyl (C=O) groups excluding carboxylic acids is 1. The summed E-state index contributed by atoms with van der Waals surface area (Å²) in [6.45, 7) is 0. The van der Waals surface area contributed by atoms with Gasteiger partial charge in [-0.15, -0.1) is 0 Å². The van der Waals surface area contributed by atoms with E-state index in [4.69, 9.17) is 5.73 Å². The molecule has 4 rings (SSSR count). The number of nitrogens with two attached hydrogens (primary N) is 1. The second kappa shape index (κ2) is 8.22. The van der Waals surface area contributed by atoms with E-state index in [1.165, 1.54) is 25.2 Å². The van der Waals surface area contributed by atoms with Crippen molar-refractivity contribution in [2.75, 3.05) is 0 Å². The van der Waals surface area contributed by atoms with Crippen LogP contribution in [0.1, 0.15) is 10.4 Å². The van der Waals surface area contributed by atoms with Gasteiger partial charge in [0.2, 0.25) is 12.2 Å². The van der Waals surface area contributed by atoms with Crippen molar-refractivity contribution >= 4 is 34.7 Å². The highest BCUT2D eigenvalue weighted by atomic mass is 32.2. The number of aromatic amines is 1. The molecule has 0 saturated carbocycles. The van der Waals surface area contributed by atoms with Crippen LogP contribution in [-0.4, -0.2) is 45.3 Å². The normalized spacial score (nSPS) is 10.3. The zero-order chi connectivity index (χ0) is 20.1. The zero-order valence-corrected chi connectivity index (χ0v) is 15.2. The Hall–Kier alpha value is -3.87. The fraction of sp³-hybridized carbons (Fsp3) is 0.0667. The number of nitrogens with zero attached hydrogens (tertiary/aromatic N) is 7. The van der Waals surface area contributed by atoms with Crippen molar-refractivity contribution in [2.24, 2.45) is 12.8 Å². The third-order valence-corrected chi connectivity index (χ3v) is 4.53. The standard InChI is InChI=1S/C9H7N7O2S.C6H6N2O/c1-15-4-14-7(16(17)18)9(15)19-8-5-6(11-2-10-5)12-3-13-8;7-6(9)5-2-1-3-8-4-5/h2-4H,1H3,(H,10,11,12,13);1-4H,(H2,7,9). The SMILES string of the molecule is Cn1cnc([N+](=O)[O-])c1Sc1ncnc2nc[nH]c12.NC(=O)c1cccnc1. The number of imidazole rings is 2. The lowest BCUT2D eigenvalue weighted by Gasteiger charge is -2.01. The van der Waals surface area contributed by atoms with E-state index >= 15 is 0 Å². The first-order chi connectivity index (χ1) is 13.5. The van der Waals surface area contributed by atoms with Gasteiger partial charge in [-0.2, -0.15) is 0 Å². The van der Waals surface area contributed by atoms with E-state index in [0.717, 1.165) is 11.8 Å². The molecule has 0 saturated heterocycles. The maximum absolute atomic E-state index is 10.9. The number of H-pyrrole nitrogens is 1. The fourth-order valence-electron chi connectivity index (χ4n) is 2.07. The average molecular weight is 399 g/mol. The lowest BCUT2D eigenvalue weighted by atomic mass is 10.3. The van der Waals surface area contributed by atoms with Gasteiger partial charge >= 0.3 is 5.82 Å². The van der Waals surface area contributed by atoms with Gasteiger partial charge in [-0.3, -0.25) is 9.78 Å². The van der Waals surface area contributed by atoms with E-state index in [1.54, 1.807) is 29.9 Å². The first kappa shape index (κ1) is 18.9. The highest BCUT2D eigenvalue weighted by Gasteiger charge is 2.22. The van der Waals surface area contributed by atoms with Crippen LogP contribution in [0.2, 0.25) is 0 Å². The van der Waals surface area contributed by atoms with Gasteiger partial charge in [0.15, 0.2) is 10.7 Å². The summed E-state index contributed by atoms with van der Waals surface area (Å²) < 4.78 is 1.58. The van der Waals surface area contributed by atoms with Crippen molar-refractivity contribution in [1.82, 2.24) is 34.5 Å². The number of hydrogen-bond donors (Lipinski definition) is 2. The summed E-state index contributed by atoms with van der Waals surface area (Å²) >= 11 is 1.15. The van der Waals surface area contributed by atoms with Gasteiger partial charge in [-0.05, 0) is 33.8 Å². The molecule has 4 aromatic rings. The quantitative estimate of drug-likeness (QED) is 0.291. The van der Waals surface area contributed by atoms with E-state index in [-0.39, 0.29) is 5.82 Å². The van der Waals surface area contributed by atoms with Gasteiger partial charge in [-0.1, -0.05) is 0 Å². The summed E-state index contributed by atoms with van der Waals surface area (Å²) in [5.74, 6) is -0.637. The van der Waals surface area contributed by atoms with Gasteiger partial charge in [0.25, 0.3) is 0 Å². The largest absolute Gasteiger partial charge is 0.396 e. The number of aryl methyl sites for hydroxylation is 1. The van der Waals surface area contributed by atoms with Crippen LogP contribution < -0.4 is 5.73 Å². The number of hydrogen-bond acceptors (Lipinski definition) is 9. The van der Waals surface area contributed by atoms with E-state index in [9.17, 15) is 14.9 Å². The van der Waals surface area contributed by atoms with Crippen molar-refractivity contribution in [3.63, 3.8) is 0 Å². The number of pyridine rings is 1. The molecule has 0 bridgehead atoms. The van der Waals surface area contributed by atoms with Crippen LogP contribution in [-0.2, 0) is 7.05 Å². The molecule has 0 aromatic carbocycles. The number of aromatic nitrogens is 7. The van der Waals surface area contributed by atoms with E-state index in [1.807, 2.05) is 0 Å². The van der Waals surface area contributed by atoms with Gasteiger partial charge in [0, 0.05) is 19.4 Å². The molecule has 142 valence electrons. The molecule has 0 unspecified atom stereocenters. The third kappa shape index (κ3) is 4.09. The van der Waals surface area contributed by atoms with E-state index in [2.05, 4.69) is 29.9 Å². The maximum Gasteiger partial charge on any atom is 0.396 e. The Bertz CT molecular complexity index is 1130. The number of nitro groups is 1. The molecule has 1 amide bonds. The summed E-state index contributed by atoms with van der Waals surface area (Å²) in [5.41, 5.74) is 6.53. The Balaban J connectivity index is 0.000000211. The van der Waals surface area contributed by atoms with E-state index < -0.39 is 10.8 Å². The minimum Gasteiger partial charge on any atom is -0.366 e. The minimum absolute atomic E-state index is 0.196. The van der Waals surface area contributed by atoms with Gasteiger partial charge in [0.1, 0.15) is 16.9 Å². The zero-order valence-electron chi connectivity index (χ0n) is 14.4. The highest BCUT2D eigenvalue weighted by molar-refractivity contribution is 7.99. The summed E-state index contributed by atoms with van der Waals surface area (Å²) in [6, 6.07) is 3.29. The van der Waals surface area contributed by atoms with Crippen LogP contribution in [0.4, 0.5) is 5.82 Å². The van der Waals surface area contributed by atoms with Gasteiger partial charge in [-0.25, -0.2) is 15.0 Å². The molecule has 4 aromatic heterocycles. The molecule has 0 aliphatic heterocycles. The van der Waals surface area contributed by atoms with Crippen molar-refractivity contribution in [1.29, 1.82) is 0 Å². The van der Waals surface area contributed by atoms with Crippen LogP contribution in [0.5, 0.6) is 0 Å². The van der Waals surface area contributed by atoms with Gasteiger partial charge < -0.3 is 25.4 Å². The van der Waals surface area contributed by atoms with Crippen molar-refractivity contribution < 1.29 is 9.72 Å². The van der Waals surface area contributed by atoms with Crippen LogP contribution in [0, 0.1) is 10.1 Å². The van der Waals surface area contributed by atoms with Crippen molar-refractivity contribution in [2.45, 2.75) is 10.1 Å². The van der Waals surface area contributed by atoms with Crippen LogP contribution in [0.25, 0.3) is 11.2 Å². The Morgan fingerprint density at radius 3 is 2.79 bits per heavy atom. The molecule has 0 aliphatic rings. The highest BCUT2D eigenvalue weighted by Crippen LogP contribution is 2.34. The summed E-state index contributed by atoms with van der Waals surface area (Å²) in [5, 5.41) is 11.9. The Labute approximate surface area is 161 Å². The Morgan fingerprint density at radius 1 is 1.32 bits per heavy atom. The number of amides is 1. The first-order valence-corrected chi connectivity index (χ1v) is 8.46. The summed E-state index contributed by atoms with van der Waals surface area (Å²) in [6.07, 6.45) is 7.29. The monoisotopic (exact) mass is 399 g/mol. The molecular formula is C15H13N9O3S. The molecular weight excluding hydrogens is 386 g/mol. The van der Waals surface area contributed by atoms with E-state index in [0.29, 0.717) is 26.8 Å². The predicted molar refractivity (Wildman–Crippen MR) is 98.4 cm³/mol. The van der Waals surface area contributed by atoms with Crippen LogP contribution in [0.3, 0.4) is 0 Å². The second-order valence-corrected chi connectivity index (χ2v) is 6.21. The number of primary amides is 1. The molecule has 28 heavy (non-hydrogen) atoms. The molecule has 3 N–H and O–H groups in total. The fourth-order valence-corrected chi connectivity index (χ4v) is 3.01. The van der Waals surface area contributed by atoms with Gasteiger partial charge in [0.05, 0.1) is 11.9 Å². The maximum atomic E-state index is 10.9. The number of rotatable bonds is 4. The first-order valence-electron chi connectivity index (χ1n) is 7.65. The lowest BCUT2D eigenvalue weighted by Crippen LogP contribution is -2.10. The average Bonchev–Trinajstić information content (AvgIpc) is 3.31. The Kier molecular flexibility index (Phi) is 5.55. The molecule has 0 spiro atoms. The van der Waals surface area contributed by atoms with Crippen molar-refractivity contribution in [3.05, 3.63) is 59.2 Å². The number of carbonyl (C=O) groups is 1. The smallest absolute Gasteiger partial charge is 0.366 e. The topological polar surface area (TPSA) is 171 Å². The summed E-state index contributed by atoms with van der Waals surface area (Å²) in [4.78, 5) is 43.2. The summed E-state index contributed by atoms with van der Waals surface area (Å²) in [7, 11) is 1.69. The Morgan fingerprint density at radius 2 is 2.14 bits per heavy atom. The molecule has 0 fully saturated rings. The van der Waals surface area contributed by atoms with Crippen molar-refractivity contribution in [3.8, 4) is 0 Å². The molecule has 0 atom stereocenters. The second-order valence-electron chi connectivity index (χ2n) is 5.23. The van der Waals surface area contributed by atoms with Crippen LogP contribution in [0.15, 0.2) is 53.6 Å². The molecule has 12 nitrogen and oxygen atoms in total. The number of nitrogens with one attached hydrogen (secondary N) is 1. The van der Waals surface area contributed by atoms with Crippen LogP contribution >= 0.6 is 11.8 Å². The lowest BCUT2D eigenvalue weighted by molar-refractivity contribution is -0.392. The molecule has 0 aliphatic carbocycles.